The number of carbonyl (C=O) groups is 2. The maximum Gasteiger partial charge on any atom is 0.311 e. The molecule has 144 valence electrons. The Balaban J connectivity index is 2.02. The first-order chi connectivity index (χ1) is 12.6. The Kier molecular flexibility index (Phi) is 4.83. The van der Waals surface area contributed by atoms with Gasteiger partial charge in [0.1, 0.15) is 12.2 Å². The molecule has 0 fully saturated rings. The lowest BCUT2D eigenvalue weighted by Crippen LogP contribution is -2.30. The lowest BCUT2D eigenvalue weighted by atomic mass is 10.1. The second-order valence-electron chi connectivity index (χ2n) is 6.57. The van der Waals surface area contributed by atoms with Crippen LogP contribution in [0.3, 0.4) is 0 Å². The van der Waals surface area contributed by atoms with Crippen LogP contribution in [-0.2, 0) is 27.7 Å². The van der Waals surface area contributed by atoms with E-state index in [-0.39, 0.29) is 16.2 Å². The topological polar surface area (TPSA) is 108 Å². The Morgan fingerprint density at radius 3 is 2.63 bits per heavy atom. The first-order valence-electron chi connectivity index (χ1n) is 8.29. The number of carbonyl (C=O) groups excluding carboxylic acids is 1. The molecule has 1 aliphatic heterocycles. The van der Waals surface area contributed by atoms with Gasteiger partial charge in [-0.1, -0.05) is 6.07 Å². The number of fused-ring (bicyclic) bond motifs is 1. The molecule has 1 aliphatic rings. The second kappa shape index (κ2) is 6.82. The van der Waals surface area contributed by atoms with Gasteiger partial charge in [-0.2, -0.15) is 0 Å². The van der Waals surface area contributed by atoms with E-state index >= 15 is 0 Å². The van der Waals surface area contributed by atoms with Crippen LogP contribution in [0.1, 0.15) is 27.2 Å². The van der Waals surface area contributed by atoms with E-state index in [0.717, 1.165) is 9.87 Å². The number of carboxylic acids is 1. The van der Waals surface area contributed by atoms with E-state index in [1.54, 1.807) is 13.0 Å². The van der Waals surface area contributed by atoms with Crippen LogP contribution < -0.4 is 4.90 Å². The summed E-state index contributed by atoms with van der Waals surface area (Å²) in [6, 6.07) is 4.72. The summed E-state index contributed by atoms with van der Waals surface area (Å²) >= 11 is 0. The monoisotopic (exact) mass is 392 g/mol. The quantitative estimate of drug-likeness (QED) is 0.829. The molecule has 27 heavy (non-hydrogen) atoms. The highest BCUT2D eigenvalue weighted by Gasteiger charge is 2.31. The van der Waals surface area contributed by atoms with Gasteiger partial charge in [-0.25, -0.2) is 12.7 Å². The van der Waals surface area contributed by atoms with Gasteiger partial charge in [0.25, 0.3) is 5.91 Å². The van der Waals surface area contributed by atoms with Gasteiger partial charge in [-0.3, -0.25) is 9.59 Å². The molecular formula is C18H20N2O6S. The maximum atomic E-state index is 13.1. The van der Waals surface area contributed by atoms with Crippen molar-refractivity contribution >= 4 is 27.6 Å². The molecule has 0 bridgehead atoms. The fourth-order valence-corrected chi connectivity index (χ4v) is 4.05. The molecule has 0 aliphatic carbocycles. The van der Waals surface area contributed by atoms with Gasteiger partial charge < -0.3 is 14.4 Å². The molecule has 2 aromatic rings. The number of anilines is 1. The van der Waals surface area contributed by atoms with Gasteiger partial charge in [0.15, 0.2) is 0 Å². The first kappa shape index (κ1) is 19.1. The molecule has 1 aromatic heterocycles. The number of amides is 1. The van der Waals surface area contributed by atoms with Crippen molar-refractivity contribution in [3.63, 3.8) is 0 Å². The summed E-state index contributed by atoms with van der Waals surface area (Å²) in [5, 5.41) is 9.03. The zero-order valence-electron chi connectivity index (χ0n) is 15.2. The highest BCUT2D eigenvalue weighted by molar-refractivity contribution is 7.89. The van der Waals surface area contributed by atoms with Crippen LogP contribution in [0.25, 0.3) is 0 Å². The highest BCUT2D eigenvalue weighted by Crippen LogP contribution is 2.33. The third-order valence-electron chi connectivity index (χ3n) is 4.55. The Bertz CT molecular complexity index is 1020. The van der Waals surface area contributed by atoms with Gasteiger partial charge in [-0.05, 0) is 31.0 Å². The van der Waals surface area contributed by atoms with Gasteiger partial charge >= 0.3 is 5.97 Å². The summed E-state index contributed by atoms with van der Waals surface area (Å²) in [6.45, 7) is 2.06. The van der Waals surface area contributed by atoms with Crippen molar-refractivity contribution in [2.24, 2.45) is 0 Å². The number of furan rings is 1. The molecule has 1 aromatic carbocycles. The van der Waals surface area contributed by atoms with Crippen LogP contribution in [0, 0.1) is 6.92 Å². The maximum absolute atomic E-state index is 13.1. The van der Waals surface area contributed by atoms with E-state index < -0.39 is 28.3 Å². The molecule has 9 heteroatoms. The van der Waals surface area contributed by atoms with E-state index in [9.17, 15) is 18.0 Å². The summed E-state index contributed by atoms with van der Waals surface area (Å²) < 4.78 is 31.2. The molecule has 0 unspecified atom stereocenters. The predicted octanol–water partition coefficient (Wildman–Crippen LogP) is 1.67. The van der Waals surface area contributed by atoms with Gasteiger partial charge in [0.2, 0.25) is 10.0 Å². The summed E-state index contributed by atoms with van der Waals surface area (Å²) in [5.74, 6) is -1.40. The number of benzene rings is 1. The molecular weight excluding hydrogens is 372 g/mol. The van der Waals surface area contributed by atoms with Gasteiger partial charge in [0.05, 0.1) is 16.7 Å². The van der Waals surface area contributed by atoms with Crippen LogP contribution in [0.4, 0.5) is 5.69 Å². The Morgan fingerprint density at radius 1 is 1.30 bits per heavy atom. The fourth-order valence-electron chi connectivity index (χ4n) is 3.13. The largest absolute Gasteiger partial charge is 0.481 e. The molecule has 0 saturated carbocycles. The van der Waals surface area contributed by atoms with Crippen molar-refractivity contribution < 1.29 is 27.5 Å². The number of aryl methyl sites for hydroxylation is 1. The minimum Gasteiger partial charge on any atom is -0.481 e. The molecule has 0 saturated heterocycles. The Labute approximate surface area is 157 Å². The smallest absolute Gasteiger partial charge is 0.311 e. The van der Waals surface area contributed by atoms with Crippen LogP contribution in [0.15, 0.2) is 33.8 Å². The fraction of sp³-hybridized carbons (Fsp3) is 0.333. The Morgan fingerprint density at radius 2 is 2.00 bits per heavy atom. The third-order valence-corrected chi connectivity index (χ3v) is 6.36. The molecule has 0 spiro atoms. The molecule has 0 atom stereocenters. The number of carboxylic acid groups (broad SMARTS) is 1. The number of nitrogens with zero attached hydrogens (tertiary/aromatic N) is 2. The highest BCUT2D eigenvalue weighted by atomic mass is 32.2. The third kappa shape index (κ3) is 3.35. The van der Waals surface area contributed by atoms with Gasteiger partial charge in [0, 0.05) is 31.9 Å². The average Bonchev–Trinajstić information content (AvgIpc) is 3.16. The van der Waals surface area contributed by atoms with E-state index in [1.807, 2.05) is 0 Å². The van der Waals surface area contributed by atoms with Crippen molar-refractivity contribution in [2.75, 3.05) is 25.5 Å². The van der Waals surface area contributed by atoms with E-state index in [0.29, 0.717) is 24.2 Å². The first-order valence-corrected chi connectivity index (χ1v) is 9.73. The number of sulfonamides is 1. The number of rotatable bonds is 5. The van der Waals surface area contributed by atoms with Crippen molar-refractivity contribution in [2.45, 2.75) is 24.7 Å². The molecule has 8 nitrogen and oxygen atoms in total. The number of hydrogen-bond acceptors (Lipinski definition) is 5. The summed E-state index contributed by atoms with van der Waals surface area (Å²) in [6.07, 6.45) is 1.55. The van der Waals surface area contributed by atoms with E-state index in [1.165, 1.54) is 37.4 Å². The summed E-state index contributed by atoms with van der Waals surface area (Å²) in [4.78, 5) is 25.7. The summed E-state index contributed by atoms with van der Waals surface area (Å²) in [7, 11) is -0.749. The molecule has 1 amide bonds. The molecule has 2 heterocycles. The van der Waals surface area contributed by atoms with Crippen LogP contribution in [-0.4, -0.2) is 50.3 Å². The average molecular weight is 392 g/mol. The van der Waals surface area contributed by atoms with Crippen LogP contribution in [0.5, 0.6) is 0 Å². The Hall–Kier alpha value is -2.65. The van der Waals surface area contributed by atoms with Crippen molar-refractivity contribution in [3.8, 4) is 0 Å². The minimum atomic E-state index is -3.63. The number of hydrogen-bond donors (Lipinski definition) is 1. The van der Waals surface area contributed by atoms with Crippen LogP contribution >= 0.6 is 0 Å². The molecule has 1 N–H and O–H groups in total. The lowest BCUT2D eigenvalue weighted by molar-refractivity contribution is -0.136. The zero-order chi connectivity index (χ0) is 19.9. The lowest BCUT2D eigenvalue weighted by Gasteiger charge is -2.19. The molecule has 0 radical (unpaired) electrons. The van der Waals surface area contributed by atoms with E-state index in [2.05, 4.69) is 0 Å². The minimum absolute atomic E-state index is 0.0931. The van der Waals surface area contributed by atoms with Crippen molar-refractivity contribution in [1.29, 1.82) is 0 Å². The predicted molar refractivity (Wildman–Crippen MR) is 97.5 cm³/mol. The van der Waals surface area contributed by atoms with Gasteiger partial charge in [-0.15, -0.1) is 0 Å². The summed E-state index contributed by atoms with van der Waals surface area (Å²) in [5.41, 5.74) is 2.14. The molecule has 3 rings (SSSR count). The van der Waals surface area contributed by atoms with Crippen molar-refractivity contribution in [1.82, 2.24) is 4.31 Å². The second-order valence-corrected chi connectivity index (χ2v) is 8.72. The van der Waals surface area contributed by atoms with Crippen LogP contribution in [0.2, 0.25) is 0 Å². The van der Waals surface area contributed by atoms with Crippen molar-refractivity contribution in [3.05, 3.63) is 46.9 Å². The SMILES string of the molecule is Cc1coc(CC(=O)O)c1C(=O)N1CCc2ccc(S(=O)(=O)N(C)C)cc21. The standard InChI is InChI=1S/C18H20N2O6S/c1-11-10-26-15(9-16(21)22)17(11)18(23)20-7-6-12-4-5-13(8-14(12)20)27(24,25)19(2)3/h4-5,8,10H,6-7,9H2,1-3H3,(H,21,22). The number of aliphatic carboxylic acids is 1. The normalized spacial score (nSPS) is 13.9. The zero-order valence-corrected chi connectivity index (χ0v) is 16.0. The van der Waals surface area contributed by atoms with E-state index in [4.69, 9.17) is 9.52 Å².